The van der Waals surface area contributed by atoms with Crippen LogP contribution in [0.2, 0.25) is 0 Å². The van der Waals surface area contributed by atoms with Crippen molar-refractivity contribution in [3.05, 3.63) is 23.5 Å². The predicted molar refractivity (Wildman–Crippen MR) is 87.8 cm³/mol. The number of hydrogen-bond donors (Lipinski definition) is 1. The molecule has 1 N–H and O–H groups in total. The van der Waals surface area contributed by atoms with Crippen LogP contribution < -0.4 is 5.32 Å². The second kappa shape index (κ2) is 5.73. The number of fused-ring (bicyclic) bond motifs is 2. The lowest BCUT2D eigenvalue weighted by Crippen LogP contribution is -2.35. The van der Waals surface area contributed by atoms with E-state index in [0.29, 0.717) is 6.04 Å². The predicted octanol–water partition coefficient (Wildman–Crippen LogP) is 3.74. The van der Waals surface area contributed by atoms with E-state index in [4.69, 9.17) is 4.98 Å². The Morgan fingerprint density at radius 1 is 1.38 bits per heavy atom. The topological polar surface area (TPSA) is 29.3 Å². The number of nitrogens with one attached hydrogen (secondary N) is 1. The lowest BCUT2D eigenvalue weighted by Gasteiger charge is -2.18. The van der Waals surface area contributed by atoms with Crippen LogP contribution in [0.25, 0.3) is 4.96 Å². The largest absolute Gasteiger partial charge is 0.313 e. The molecule has 0 aromatic carbocycles. The second-order valence-electron chi connectivity index (χ2n) is 6.78. The van der Waals surface area contributed by atoms with Gasteiger partial charge in [-0.25, -0.2) is 4.98 Å². The minimum atomic E-state index is 0.641. The summed E-state index contributed by atoms with van der Waals surface area (Å²) in [5.41, 5.74) is 1.26. The van der Waals surface area contributed by atoms with E-state index in [1.165, 1.54) is 37.8 Å². The molecular formula is C17H25N3S. The van der Waals surface area contributed by atoms with Crippen LogP contribution in [0.15, 0.2) is 17.8 Å². The van der Waals surface area contributed by atoms with E-state index in [1.807, 2.05) is 0 Å². The molecule has 2 aliphatic rings. The van der Waals surface area contributed by atoms with Crippen LogP contribution in [0.5, 0.6) is 0 Å². The lowest BCUT2D eigenvalue weighted by atomic mass is 10.0. The van der Waals surface area contributed by atoms with Crippen LogP contribution in [-0.4, -0.2) is 22.0 Å². The Morgan fingerprint density at radius 3 is 2.90 bits per heavy atom. The van der Waals surface area contributed by atoms with Crippen molar-refractivity contribution in [1.82, 2.24) is 14.7 Å². The highest BCUT2D eigenvalue weighted by Crippen LogP contribution is 2.57. The quantitative estimate of drug-likeness (QED) is 0.881. The number of thiazole rings is 1. The van der Waals surface area contributed by atoms with E-state index < -0.39 is 0 Å². The molecule has 4 rings (SSSR count). The molecule has 0 amide bonds. The molecule has 2 saturated carbocycles. The molecule has 4 heteroatoms. The van der Waals surface area contributed by atoms with Crippen LogP contribution in [0.3, 0.4) is 0 Å². The summed E-state index contributed by atoms with van der Waals surface area (Å²) in [6, 6.07) is 0.641. The summed E-state index contributed by atoms with van der Waals surface area (Å²) in [6.07, 6.45) is 12.5. The summed E-state index contributed by atoms with van der Waals surface area (Å²) in [7, 11) is 0. The Balaban J connectivity index is 1.48. The molecule has 21 heavy (non-hydrogen) atoms. The van der Waals surface area contributed by atoms with Gasteiger partial charge in [-0.3, -0.25) is 4.40 Å². The molecular weight excluding hydrogens is 278 g/mol. The molecule has 0 radical (unpaired) electrons. The first-order valence-corrected chi connectivity index (χ1v) is 9.39. The van der Waals surface area contributed by atoms with Gasteiger partial charge in [-0.05, 0) is 43.6 Å². The molecule has 114 valence electrons. The Kier molecular flexibility index (Phi) is 3.76. The molecule has 2 aliphatic carbocycles. The zero-order valence-electron chi connectivity index (χ0n) is 12.8. The molecule has 2 aromatic heterocycles. The number of aromatic nitrogens is 2. The van der Waals surface area contributed by atoms with Gasteiger partial charge in [-0.1, -0.05) is 19.8 Å². The highest BCUT2D eigenvalue weighted by Gasteiger charge is 2.53. The van der Waals surface area contributed by atoms with Gasteiger partial charge in [-0.15, -0.1) is 11.3 Å². The van der Waals surface area contributed by atoms with Crippen LogP contribution in [0.4, 0.5) is 0 Å². The highest BCUT2D eigenvalue weighted by atomic mass is 32.1. The summed E-state index contributed by atoms with van der Waals surface area (Å²) >= 11 is 1.73. The van der Waals surface area contributed by atoms with E-state index in [9.17, 15) is 0 Å². The van der Waals surface area contributed by atoms with Crippen LogP contribution >= 0.6 is 11.3 Å². The molecule has 3 nitrogen and oxygen atoms in total. The second-order valence-corrected chi connectivity index (χ2v) is 7.65. The highest BCUT2D eigenvalue weighted by molar-refractivity contribution is 7.15. The molecule has 0 aliphatic heterocycles. The number of nitrogens with zero attached hydrogens (tertiary/aromatic N) is 2. The van der Waals surface area contributed by atoms with Gasteiger partial charge >= 0.3 is 0 Å². The van der Waals surface area contributed by atoms with Crippen molar-refractivity contribution < 1.29 is 0 Å². The molecule has 2 fully saturated rings. The van der Waals surface area contributed by atoms with E-state index in [1.54, 1.807) is 11.3 Å². The van der Waals surface area contributed by atoms with Gasteiger partial charge in [0, 0.05) is 30.2 Å². The van der Waals surface area contributed by atoms with Gasteiger partial charge in [0.2, 0.25) is 0 Å². The molecule has 3 atom stereocenters. The van der Waals surface area contributed by atoms with Crippen molar-refractivity contribution in [2.75, 3.05) is 6.54 Å². The standard InChI is InChI=1S/C17H25N3S/c1-2-7-18-15(16-13-5-3-4-6-14(13)16)10-12-11-20-8-9-21-17(20)19-12/h8-9,11,13-16,18H,2-7,10H2,1H3. The van der Waals surface area contributed by atoms with Crippen molar-refractivity contribution in [3.63, 3.8) is 0 Å². The van der Waals surface area contributed by atoms with E-state index in [0.717, 1.165) is 35.7 Å². The molecule has 2 aromatic rings. The Labute approximate surface area is 130 Å². The fraction of sp³-hybridized carbons (Fsp3) is 0.706. The Morgan fingerprint density at radius 2 is 2.19 bits per heavy atom. The average molecular weight is 303 g/mol. The SMILES string of the molecule is CCCNC(Cc1cn2ccsc2n1)C1C2CCCCC21. The summed E-state index contributed by atoms with van der Waals surface area (Å²) in [5, 5.41) is 5.93. The first kappa shape index (κ1) is 13.8. The van der Waals surface area contributed by atoms with Gasteiger partial charge in [0.15, 0.2) is 4.96 Å². The van der Waals surface area contributed by atoms with Gasteiger partial charge in [-0.2, -0.15) is 0 Å². The minimum absolute atomic E-state index is 0.641. The third-order valence-electron chi connectivity index (χ3n) is 5.42. The normalized spacial score (nSPS) is 29.5. The minimum Gasteiger partial charge on any atom is -0.313 e. The first-order chi connectivity index (χ1) is 10.4. The average Bonchev–Trinajstić information content (AvgIpc) is 2.83. The zero-order valence-corrected chi connectivity index (χ0v) is 13.6. The fourth-order valence-electron chi connectivity index (χ4n) is 4.42. The summed E-state index contributed by atoms with van der Waals surface area (Å²) in [5.74, 6) is 2.94. The van der Waals surface area contributed by atoms with Crippen LogP contribution in [0, 0.1) is 17.8 Å². The lowest BCUT2D eigenvalue weighted by molar-refractivity contribution is 0.425. The van der Waals surface area contributed by atoms with Crippen LogP contribution in [0.1, 0.15) is 44.7 Å². The van der Waals surface area contributed by atoms with Gasteiger partial charge in [0.1, 0.15) is 0 Å². The third-order valence-corrected chi connectivity index (χ3v) is 6.19. The Hall–Kier alpha value is -0.870. The maximum atomic E-state index is 4.79. The third kappa shape index (κ3) is 2.64. The Bertz CT molecular complexity index is 561. The van der Waals surface area contributed by atoms with E-state index in [2.05, 4.69) is 34.4 Å². The maximum absolute atomic E-state index is 4.79. The van der Waals surface area contributed by atoms with E-state index in [-0.39, 0.29) is 0 Å². The van der Waals surface area contributed by atoms with Crippen LogP contribution in [-0.2, 0) is 6.42 Å². The first-order valence-electron chi connectivity index (χ1n) is 8.51. The van der Waals surface area contributed by atoms with Gasteiger partial charge < -0.3 is 5.32 Å². The molecule has 2 heterocycles. The van der Waals surface area contributed by atoms with Crippen molar-refractivity contribution in [3.8, 4) is 0 Å². The fourth-order valence-corrected chi connectivity index (χ4v) is 5.14. The van der Waals surface area contributed by atoms with E-state index >= 15 is 0 Å². The molecule has 0 spiro atoms. The monoisotopic (exact) mass is 303 g/mol. The van der Waals surface area contributed by atoms with Crippen molar-refractivity contribution >= 4 is 16.3 Å². The van der Waals surface area contributed by atoms with Gasteiger partial charge in [0.25, 0.3) is 0 Å². The summed E-state index contributed by atoms with van der Waals surface area (Å²) < 4.78 is 2.16. The van der Waals surface area contributed by atoms with Crippen molar-refractivity contribution in [1.29, 1.82) is 0 Å². The maximum Gasteiger partial charge on any atom is 0.193 e. The molecule has 0 bridgehead atoms. The summed E-state index contributed by atoms with van der Waals surface area (Å²) in [4.78, 5) is 5.92. The molecule has 0 saturated heterocycles. The van der Waals surface area contributed by atoms with Crippen molar-refractivity contribution in [2.45, 2.75) is 51.5 Å². The zero-order chi connectivity index (χ0) is 14.2. The number of hydrogen-bond acceptors (Lipinski definition) is 3. The number of rotatable bonds is 6. The van der Waals surface area contributed by atoms with Crippen molar-refractivity contribution in [2.24, 2.45) is 17.8 Å². The smallest absolute Gasteiger partial charge is 0.193 e. The number of imidazole rings is 1. The van der Waals surface area contributed by atoms with Gasteiger partial charge in [0.05, 0.1) is 5.69 Å². The molecule has 3 unspecified atom stereocenters. The summed E-state index contributed by atoms with van der Waals surface area (Å²) in [6.45, 7) is 3.40.